The Balaban J connectivity index is 2.44. The van der Waals surface area contributed by atoms with E-state index in [1.165, 1.54) is 6.92 Å². The van der Waals surface area contributed by atoms with E-state index in [-0.39, 0.29) is 27.6 Å². The number of nitrogens with zero attached hydrogens (tertiary/aromatic N) is 1. The van der Waals surface area contributed by atoms with Gasteiger partial charge in [-0.15, -0.1) is 0 Å². The Morgan fingerprint density at radius 1 is 1.00 bits per heavy atom. The van der Waals surface area contributed by atoms with Gasteiger partial charge in [-0.25, -0.2) is 4.39 Å². The number of halogens is 11. The molecule has 0 saturated heterocycles. The smallest absolute Gasteiger partial charge is 0.341 e. The second-order valence-electron chi connectivity index (χ2n) is 8.81. The van der Waals surface area contributed by atoms with Crippen molar-refractivity contribution < 1.29 is 53.5 Å². The second kappa shape index (κ2) is 12.1. The van der Waals surface area contributed by atoms with E-state index in [1.807, 2.05) is 5.32 Å². The molecule has 2 aromatic carbocycles. The Labute approximate surface area is 226 Å². The third-order valence-electron chi connectivity index (χ3n) is 5.56. The van der Waals surface area contributed by atoms with Gasteiger partial charge in [0.25, 0.3) is 5.91 Å². The molecule has 0 fully saturated rings. The zero-order valence-electron chi connectivity index (χ0n) is 20.8. The van der Waals surface area contributed by atoms with Crippen LogP contribution in [0.3, 0.4) is 0 Å². The molecule has 0 heterocycles. The van der Waals surface area contributed by atoms with E-state index in [0.717, 1.165) is 32.2 Å². The molecule has 0 saturated carbocycles. The van der Waals surface area contributed by atoms with Gasteiger partial charge in [-0.2, -0.15) is 39.5 Å². The van der Waals surface area contributed by atoms with Crippen LogP contribution in [0.4, 0.5) is 43.9 Å². The van der Waals surface area contributed by atoms with Gasteiger partial charge >= 0.3 is 18.5 Å². The van der Waals surface area contributed by atoms with Crippen molar-refractivity contribution in [1.82, 2.24) is 10.2 Å². The molecule has 0 aliphatic carbocycles. The maximum atomic E-state index is 14.9. The summed E-state index contributed by atoms with van der Waals surface area (Å²) in [7, 11) is 0.767. The fourth-order valence-electron chi connectivity index (χ4n) is 3.62. The zero-order chi connectivity index (χ0) is 30.8. The molecule has 0 spiro atoms. The lowest BCUT2D eigenvalue weighted by molar-refractivity contribution is -0.159. The van der Waals surface area contributed by atoms with Gasteiger partial charge in [0, 0.05) is 17.6 Å². The SMILES string of the molecule is Cc1cc(C(/C=C(\F)c2ccc(C(=O)NC(C)C(=O)N(C)CC(F)(F)F)c(C(F)(F)F)c2)C(F)(F)F)ccc1Cl. The van der Waals surface area contributed by atoms with Gasteiger partial charge in [0.1, 0.15) is 24.3 Å². The summed E-state index contributed by atoms with van der Waals surface area (Å²) >= 11 is 5.82. The minimum Gasteiger partial charge on any atom is -0.341 e. The molecule has 2 unspecified atom stereocenters. The van der Waals surface area contributed by atoms with Crippen LogP contribution in [0.1, 0.15) is 45.5 Å². The first-order chi connectivity index (χ1) is 18.1. The maximum Gasteiger partial charge on any atom is 0.417 e. The summed E-state index contributed by atoms with van der Waals surface area (Å²) in [6.07, 6.45) is -15.0. The van der Waals surface area contributed by atoms with Crippen molar-refractivity contribution >= 4 is 29.2 Å². The molecule has 220 valence electrons. The summed E-state index contributed by atoms with van der Waals surface area (Å²) in [6, 6.07) is 2.72. The highest BCUT2D eigenvalue weighted by molar-refractivity contribution is 6.31. The standard InChI is InChI=1S/C25H21ClF10N2O2/c1-12-8-14(5-7-19(12)26)17(24(31,32)33)10-20(27)15-4-6-16(18(9-15)25(34,35)36)21(39)37-13(2)22(40)38(3)11-23(28,29)30/h4-10,13,17H,11H2,1-3H3,(H,37,39)/b20-10-. The number of carbonyl (C=O) groups excluding carboxylic acids is 2. The number of hydrogen-bond donors (Lipinski definition) is 1. The predicted octanol–water partition coefficient (Wildman–Crippen LogP) is 7.46. The first-order valence-corrected chi connectivity index (χ1v) is 11.5. The average Bonchev–Trinajstić information content (AvgIpc) is 2.80. The number of hydrogen-bond acceptors (Lipinski definition) is 2. The highest BCUT2D eigenvalue weighted by atomic mass is 35.5. The first-order valence-electron chi connectivity index (χ1n) is 11.2. The van der Waals surface area contributed by atoms with Crippen LogP contribution < -0.4 is 5.32 Å². The molecular formula is C25H21ClF10N2O2. The van der Waals surface area contributed by atoms with Crippen molar-refractivity contribution in [3.8, 4) is 0 Å². The van der Waals surface area contributed by atoms with Crippen molar-refractivity contribution in [2.75, 3.05) is 13.6 Å². The van der Waals surface area contributed by atoms with Crippen molar-refractivity contribution in [2.45, 2.75) is 44.3 Å². The largest absolute Gasteiger partial charge is 0.417 e. The zero-order valence-corrected chi connectivity index (χ0v) is 21.6. The van der Waals surface area contributed by atoms with Gasteiger partial charge in [0.05, 0.1) is 11.1 Å². The summed E-state index contributed by atoms with van der Waals surface area (Å²) in [5.74, 6) is -7.03. The van der Waals surface area contributed by atoms with Crippen molar-refractivity contribution in [1.29, 1.82) is 0 Å². The molecule has 0 radical (unpaired) electrons. The monoisotopic (exact) mass is 606 g/mol. The number of benzene rings is 2. The van der Waals surface area contributed by atoms with Crippen molar-refractivity contribution in [2.24, 2.45) is 0 Å². The van der Waals surface area contributed by atoms with E-state index in [2.05, 4.69) is 0 Å². The van der Waals surface area contributed by atoms with Crippen LogP contribution in [-0.4, -0.2) is 48.7 Å². The minimum atomic E-state index is -5.31. The van der Waals surface area contributed by atoms with Crippen LogP contribution >= 0.6 is 11.6 Å². The fourth-order valence-corrected chi connectivity index (χ4v) is 3.74. The average molecular weight is 607 g/mol. The highest BCUT2D eigenvalue weighted by Crippen LogP contribution is 2.40. The lowest BCUT2D eigenvalue weighted by Crippen LogP contribution is -2.48. The van der Waals surface area contributed by atoms with Crippen LogP contribution in [0.5, 0.6) is 0 Å². The fraction of sp³-hybridized carbons (Fsp3) is 0.360. The Morgan fingerprint density at radius 2 is 1.60 bits per heavy atom. The molecule has 15 heteroatoms. The Bertz CT molecular complexity index is 1290. The van der Waals surface area contributed by atoms with Gasteiger partial charge in [0.2, 0.25) is 5.91 Å². The predicted molar refractivity (Wildman–Crippen MR) is 126 cm³/mol. The third kappa shape index (κ3) is 8.60. The minimum absolute atomic E-state index is 0.0785. The van der Waals surface area contributed by atoms with Crippen molar-refractivity contribution in [3.05, 3.63) is 75.3 Å². The molecule has 2 rings (SSSR count). The van der Waals surface area contributed by atoms with Gasteiger partial charge in [-0.3, -0.25) is 9.59 Å². The number of aryl methyl sites for hydroxylation is 1. The van der Waals surface area contributed by atoms with E-state index in [1.54, 1.807) is 0 Å². The highest BCUT2D eigenvalue weighted by Gasteiger charge is 2.41. The topological polar surface area (TPSA) is 49.4 Å². The summed E-state index contributed by atoms with van der Waals surface area (Å²) in [5, 5.41) is 1.98. The van der Waals surface area contributed by atoms with E-state index in [0.29, 0.717) is 12.1 Å². The van der Waals surface area contributed by atoms with Crippen LogP contribution in [-0.2, 0) is 11.0 Å². The number of allylic oxidation sites excluding steroid dienone is 1. The third-order valence-corrected chi connectivity index (χ3v) is 5.99. The quantitative estimate of drug-likeness (QED) is 0.333. The van der Waals surface area contributed by atoms with E-state index in [4.69, 9.17) is 11.6 Å². The molecule has 0 aliphatic heterocycles. The molecule has 2 aromatic rings. The summed E-state index contributed by atoms with van der Waals surface area (Å²) in [4.78, 5) is 24.8. The number of likely N-dealkylation sites (N-methyl/N-ethyl adjacent to an activating group) is 1. The molecule has 0 aromatic heterocycles. The Kier molecular flexibility index (Phi) is 9.93. The van der Waals surface area contributed by atoms with Gasteiger partial charge in [-0.1, -0.05) is 29.8 Å². The number of rotatable bonds is 7. The molecular weight excluding hydrogens is 586 g/mol. The van der Waals surface area contributed by atoms with Crippen LogP contribution in [0.25, 0.3) is 5.83 Å². The van der Waals surface area contributed by atoms with Crippen LogP contribution in [0.2, 0.25) is 5.02 Å². The molecule has 0 aliphatic rings. The summed E-state index contributed by atoms with van der Waals surface area (Å²) in [5.41, 5.74) is -4.00. The van der Waals surface area contributed by atoms with Gasteiger partial charge < -0.3 is 10.2 Å². The van der Waals surface area contributed by atoms with Crippen LogP contribution in [0, 0.1) is 6.92 Å². The lowest BCUT2D eigenvalue weighted by atomic mass is 9.94. The summed E-state index contributed by atoms with van der Waals surface area (Å²) in [6.45, 7) is 0.656. The lowest BCUT2D eigenvalue weighted by Gasteiger charge is -2.23. The molecule has 2 atom stereocenters. The van der Waals surface area contributed by atoms with E-state index in [9.17, 15) is 53.5 Å². The number of alkyl halides is 9. The van der Waals surface area contributed by atoms with Crippen molar-refractivity contribution in [3.63, 3.8) is 0 Å². The van der Waals surface area contributed by atoms with Gasteiger partial charge in [0.15, 0.2) is 0 Å². The maximum absolute atomic E-state index is 14.9. The normalized spacial score (nSPS) is 14.5. The summed E-state index contributed by atoms with van der Waals surface area (Å²) < 4.78 is 135. The molecule has 40 heavy (non-hydrogen) atoms. The molecule has 2 amide bonds. The van der Waals surface area contributed by atoms with Crippen LogP contribution in [0.15, 0.2) is 42.5 Å². The number of amides is 2. The van der Waals surface area contributed by atoms with Gasteiger partial charge in [-0.05, 0) is 49.2 Å². The molecule has 4 nitrogen and oxygen atoms in total. The molecule has 0 bridgehead atoms. The number of carbonyl (C=O) groups is 2. The van der Waals surface area contributed by atoms with E-state index >= 15 is 0 Å². The first kappa shape index (κ1) is 32.9. The van der Waals surface area contributed by atoms with E-state index < -0.39 is 76.9 Å². The Hall–Kier alpha value is -3.29. The Morgan fingerprint density at radius 3 is 2.10 bits per heavy atom. The number of nitrogens with one attached hydrogen (secondary N) is 1. The molecule has 1 N–H and O–H groups in total. The second-order valence-corrected chi connectivity index (χ2v) is 9.21.